The molecule has 1 N–H and O–H groups in total. The highest BCUT2D eigenvalue weighted by molar-refractivity contribution is 8.93. The predicted octanol–water partition coefficient (Wildman–Crippen LogP) is 4.02. The van der Waals surface area contributed by atoms with E-state index in [1.165, 1.54) is 12.7 Å². The summed E-state index contributed by atoms with van der Waals surface area (Å²) in [6.07, 6.45) is 0. The van der Waals surface area contributed by atoms with Crippen molar-refractivity contribution in [3.63, 3.8) is 0 Å². The van der Waals surface area contributed by atoms with E-state index < -0.39 is 0 Å². The number of ether oxygens (including phenoxy) is 1. The fourth-order valence-corrected chi connectivity index (χ4v) is 3.10. The van der Waals surface area contributed by atoms with Crippen LogP contribution in [0.25, 0.3) is 11.0 Å². The molecule has 0 unspecified atom stereocenters. The number of hydrogen-bond acceptors (Lipinski definition) is 3. The number of imidazole rings is 1. The zero-order chi connectivity index (χ0) is 18.9. The SMILES string of the molecule is Br.COC(=O)Cn1c(=N)n(Cc2ccc(C(C)(C)C)cc2)c2ccccc21. The van der Waals surface area contributed by atoms with E-state index in [0.29, 0.717) is 6.54 Å². The monoisotopic (exact) mass is 431 g/mol. The van der Waals surface area contributed by atoms with Crippen molar-refractivity contribution in [3.05, 3.63) is 65.3 Å². The zero-order valence-electron chi connectivity index (χ0n) is 16.2. The van der Waals surface area contributed by atoms with Gasteiger partial charge in [-0.1, -0.05) is 57.2 Å². The first kappa shape index (κ1) is 21.0. The highest BCUT2D eigenvalue weighted by Crippen LogP contribution is 2.23. The Balaban J connectivity index is 0.00000261. The molecular formula is C21H26BrN3O2. The van der Waals surface area contributed by atoms with Gasteiger partial charge in [-0.25, -0.2) is 0 Å². The van der Waals surface area contributed by atoms with Crippen molar-refractivity contribution in [2.75, 3.05) is 7.11 Å². The first-order chi connectivity index (χ1) is 12.3. The Bertz CT molecular complexity index is 995. The second kappa shape index (κ2) is 8.13. The maximum atomic E-state index is 11.7. The van der Waals surface area contributed by atoms with Gasteiger partial charge in [0.1, 0.15) is 6.54 Å². The highest BCUT2D eigenvalue weighted by atomic mass is 79.9. The minimum atomic E-state index is -0.360. The number of rotatable bonds is 4. The third kappa shape index (κ3) is 4.33. The van der Waals surface area contributed by atoms with Crippen LogP contribution < -0.4 is 5.62 Å². The van der Waals surface area contributed by atoms with Gasteiger partial charge in [0.15, 0.2) is 0 Å². The van der Waals surface area contributed by atoms with Crippen LogP contribution in [0.5, 0.6) is 0 Å². The third-order valence-corrected chi connectivity index (χ3v) is 4.65. The Labute approximate surface area is 169 Å². The number of carbonyl (C=O) groups is 1. The van der Waals surface area contributed by atoms with Gasteiger partial charge in [-0.15, -0.1) is 17.0 Å². The average Bonchev–Trinajstić information content (AvgIpc) is 2.87. The van der Waals surface area contributed by atoms with Crippen LogP contribution in [-0.2, 0) is 28.0 Å². The lowest BCUT2D eigenvalue weighted by Crippen LogP contribution is -2.28. The maximum absolute atomic E-state index is 11.7. The van der Waals surface area contributed by atoms with Crippen molar-refractivity contribution >= 4 is 34.0 Å². The molecule has 0 atom stereocenters. The van der Waals surface area contributed by atoms with Gasteiger partial charge in [0.2, 0.25) is 5.62 Å². The van der Waals surface area contributed by atoms with Crippen LogP contribution in [0.4, 0.5) is 0 Å². The number of halogens is 1. The number of fused-ring (bicyclic) bond motifs is 1. The maximum Gasteiger partial charge on any atom is 0.325 e. The summed E-state index contributed by atoms with van der Waals surface area (Å²) >= 11 is 0. The molecule has 5 nitrogen and oxygen atoms in total. The first-order valence-corrected chi connectivity index (χ1v) is 8.70. The molecule has 27 heavy (non-hydrogen) atoms. The third-order valence-electron chi connectivity index (χ3n) is 4.65. The van der Waals surface area contributed by atoms with E-state index in [-0.39, 0.29) is 40.5 Å². The summed E-state index contributed by atoms with van der Waals surface area (Å²) < 4.78 is 8.38. The second-order valence-corrected chi connectivity index (χ2v) is 7.51. The number of carbonyl (C=O) groups excluding carboxylic acids is 1. The quantitative estimate of drug-likeness (QED) is 0.634. The number of methoxy groups -OCH3 is 1. The minimum Gasteiger partial charge on any atom is -0.468 e. The van der Waals surface area contributed by atoms with Gasteiger partial charge in [-0.2, -0.15) is 0 Å². The van der Waals surface area contributed by atoms with Crippen LogP contribution in [0.3, 0.4) is 0 Å². The first-order valence-electron chi connectivity index (χ1n) is 8.70. The predicted molar refractivity (Wildman–Crippen MR) is 112 cm³/mol. The molecule has 0 amide bonds. The van der Waals surface area contributed by atoms with Crippen molar-refractivity contribution < 1.29 is 9.53 Å². The van der Waals surface area contributed by atoms with Crippen LogP contribution in [-0.4, -0.2) is 22.2 Å². The van der Waals surface area contributed by atoms with E-state index >= 15 is 0 Å². The summed E-state index contributed by atoms with van der Waals surface area (Å²) in [4.78, 5) is 11.7. The number of hydrogen-bond donors (Lipinski definition) is 1. The molecule has 0 bridgehead atoms. The standard InChI is InChI=1S/C21H25N3O2.BrH/c1-21(2,3)16-11-9-15(10-12-16)13-23-17-7-5-6-8-18(17)24(20(23)22)14-19(25)26-4;/h5-12,22H,13-14H2,1-4H3;1H. The van der Waals surface area contributed by atoms with Gasteiger partial charge >= 0.3 is 5.97 Å². The summed E-state index contributed by atoms with van der Waals surface area (Å²) in [5.74, 6) is -0.360. The number of aromatic nitrogens is 2. The number of nitrogens with zero attached hydrogens (tertiary/aromatic N) is 2. The van der Waals surface area contributed by atoms with Crippen LogP contribution in [0.2, 0.25) is 0 Å². The van der Waals surface area contributed by atoms with Crippen LogP contribution in [0.15, 0.2) is 48.5 Å². The fraction of sp³-hybridized carbons (Fsp3) is 0.333. The molecule has 3 aromatic rings. The molecule has 0 aliphatic carbocycles. The normalized spacial score (nSPS) is 11.3. The molecule has 1 aromatic heterocycles. The van der Waals surface area contributed by atoms with Gasteiger partial charge in [0.05, 0.1) is 24.7 Å². The van der Waals surface area contributed by atoms with E-state index in [4.69, 9.17) is 10.1 Å². The molecular weight excluding hydrogens is 406 g/mol. The molecule has 0 spiro atoms. The second-order valence-electron chi connectivity index (χ2n) is 7.51. The highest BCUT2D eigenvalue weighted by Gasteiger charge is 2.15. The van der Waals surface area contributed by atoms with Gasteiger partial charge in [0.25, 0.3) is 0 Å². The van der Waals surface area contributed by atoms with E-state index in [2.05, 4.69) is 45.0 Å². The lowest BCUT2D eigenvalue weighted by Gasteiger charge is -2.19. The number of esters is 1. The fourth-order valence-electron chi connectivity index (χ4n) is 3.10. The molecule has 0 aliphatic heterocycles. The molecule has 0 saturated carbocycles. The Hall–Kier alpha value is -2.34. The summed E-state index contributed by atoms with van der Waals surface area (Å²) in [6.45, 7) is 7.20. The summed E-state index contributed by atoms with van der Waals surface area (Å²) in [5, 5.41) is 8.55. The van der Waals surface area contributed by atoms with E-state index in [1.54, 1.807) is 4.57 Å². The molecule has 3 rings (SSSR count). The van der Waals surface area contributed by atoms with Gasteiger partial charge in [-0.05, 0) is 28.7 Å². The van der Waals surface area contributed by atoms with Gasteiger partial charge in [0, 0.05) is 0 Å². The van der Waals surface area contributed by atoms with E-state index in [0.717, 1.165) is 16.6 Å². The molecule has 0 radical (unpaired) electrons. The smallest absolute Gasteiger partial charge is 0.325 e. The largest absolute Gasteiger partial charge is 0.468 e. The molecule has 2 aromatic carbocycles. The lowest BCUT2D eigenvalue weighted by atomic mass is 9.87. The van der Waals surface area contributed by atoms with Crippen LogP contribution in [0, 0.1) is 5.41 Å². The van der Waals surface area contributed by atoms with Crippen molar-refractivity contribution in [2.45, 2.75) is 39.3 Å². The number of benzene rings is 2. The molecule has 0 aliphatic rings. The van der Waals surface area contributed by atoms with E-state index in [1.807, 2.05) is 28.8 Å². The molecule has 6 heteroatoms. The van der Waals surface area contributed by atoms with Crippen molar-refractivity contribution in [2.24, 2.45) is 0 Å². The minimum absolute atomic E-state index is 0. The summed E-state index contributed by atoms with van der Waals surface area (Å²) in [7, 11) is 1.36. The van der Waals surface area contributed by atoms with Crippen LogP contribution in [0.1, 0.15) is 31.9 Å². The Morgan fingerprint density at radius 1 is 1.00 bits per heavy atom. The van der Waals surface area contributed by atoms with Gasteiger partial charge < -0.3 is 9.30 Å². The molecule has 144 valence electrons. The average molecular weight is 432 g/mol. The lowest BCUT2D eigenvalue weighted by molar-refractivity contribution is -0.141. The summed E-state index contributed by atoms with van der Waals surface area (Å²) in [5.41, 5.74) is 4.60. The van der Waals surface area contributed by atoms with Crippen LogP contribution >= 0.6 is 17.0 Å². The van der Waals surface area contributed by atoms with Gasteiger partial charge in [-0.3, -0.25) is 14.8 Å². The molecule has 0 saturated heterocycles. The molecule has 1 heterocycles. The number of para-hydroxylation sites is 2. The number of nitrogens with one attached hydrogen (secondary N) is 1. The zero-order valence-corrected chi connectivity index (χ0v) is 17.9. The van der Waals surface area contributed by atoms with E-state index in [9.17, 15) is 4.79 Å². The Kier molecular flexibility index (Phi) is 6.31. The summed E-state index contributed by atoms with van der Waals surface area (Å²) in [6, 6.07) is 16.3. The topological polar surface area (TPSA) is 60.0 Å². The Morgan fingerprint density at radius 3 is 2.07 bits per heavy atom. The van der Waals surface area contributed by atoms with Crippen molar-refractivity contribution in [1.82, 2.24) is 9.13 Å². The van der Waals surface area contributed by atoms with Crippen molar-refractivity contribution in [1.29, 1.82) is 5.41 Å². The van der Waals surface area contributed by atoms with Crippen molar-refractivity contribution in [3.8, 4) is 0 Å². The Morgan fingerprint density at radius 2 is 1.56 bits per heavy atom. The molecule has 0 fully saturated rings.